The monoisotopic (exact) mass is 217 g/mol. The highest BCUT2D eigenvalue weighted by Crippen LogP contribution is 2.17. The van der Waals surface area contributed by atoms with Gasteiger partial charge >= 0.3 is 11.9 Å². The van der Waals surface area contributed by atoms with Crippen molar-refractivity contribution in [1.29, 1.82) is 0 Å². The van der Waals surface area contributed by atoms with Gasteiger partial charge < -0.3 is 15.9 Å². The number of unbranched alkanes of at least 4 members (excludes halogenated alkanes) is 2. The highest BCUT2D eigenvalue weighted by Gasteiger charge is 2.25. The van der Waals surface area contributed by atoms with Crippen LogP contribution in [-0.4, -0.2) is 28.2 Å². The van der Waals surface area contributed by atoms with Gasteiger partial charge in [-0.05, 0) is 12.3 Å². The summed E-state index contributed by atoms with van der Waals surface area (Å²) < 4.78 is 0. The standard InChI is InChI=1S/C10H19NO4/c1-2-3-4-5-7(6-8(12)13)9(11)10(14)15/h7,9H,2-6,11H2,1H3,(H,12,13)(H,14,15)/t7-,9+/m1/s1. The number of aliphatic carboxylic acids is 2. The van der Waals surface area contributed by atoms with Crippen LogP contribution in [0.4, 0.5) is 0 Å². The average Bonchev–Trinajstić information content (AvgIpc) is 2.14. The van der Waals surface area contributed by atoms with Gasteiger partial charge in [0.1, 0.15) is 6.04 Å². The van der Waals surface area contributed by atoms with Crippen LogP contribution in [0.2, 0.25) is 0 Å². The SMILES string of the molecule is CCCCC[C@H](CC(=O)O)[C@H](N)C(=O)O. The number of hydrogen-bond acceptors (Lipinski definition) is 3. The summed E-state index contributed by atoms with van der Waals surface area (Å²) in [5, 5.41) is 17.3. The molecule has 5 heteroatoms. The summed E-state index contributed by atoms with van der Waals surface area (Å²) in [4.78, 5) is 21.2. The zero-order valence-electron chi connectivity index (χ0n) is 8.98. The molecule has 0 aliphatic rings. The molecule has 15 heavy (non-hydrogen) atoms. The van der Waals surface area contributed by atoms with E-state index in [9.17, 15) is 9.59 Å². The molecule has 5 nitrogen and oxygen atoms in total. The van der Waals surface area contributed by atoms with E-state index in [1.165, 1.54) is 0 Å². The van der Waals surface area contributed by atoms with Crippen molar-refractivity contribution in [2.75, 3.05) is 0 Å². The van der Waals surface area contributed by atoms with Crippen LogP contribution in [0.5, 0.6) is 0 Å². The van der Waals surface area contributed by atoms with Gasteiger partial charge in [0.25, 0.3) is 0 Å². The van der Waals surface area contributed by atoms with E-state index in [1.54, 1.807) is 0 Å². The third-order valence-corrected chi connectivity index (χ3v) is 2.41. The molecule has 0 radical (unpaired) electrons. The lowest BCUT2D eigenvalue weighted by Gasteiger charge is -2.18. The van der Waals surface area contributed by atoms with Crippen molar-refractivity contribution in [3.05, 3.63) is 0 Å². The molecule has 0 spiro atoms. The van der Waals surface area contributed by atoms with E-state index >= 15 is 0 Å². The van der Waals surface area contributed by atoms with Gasteiger partial charge in [0.15, 0.2) is 0 Å². The summed E-state index contributed by atoms with van der Waals surface area (Å²) in [6.07, 6.45) is 3.21. The van der Waals surface area contributed by atoms with Crippen molar-refractivity contribution in [3.63, 3.8) is 0 Å². The Bertz CT molecular complexity index is 217. The van der Waals surface area contributed by atoms with Gasteiger partial charge in [0.05, 0.1) is 6.42 Å². The third-order valence-electron chi connectivity index (χ3n) is 2.41. The quantitative estimate of drug-likeness (QED) is 0.528. The first-order valence-corrected chi connectivity index (χ1v) is 5.19. The molecule has 0 unspecified atom stereocenters. The lowest BCUT2D eigenvalue weighted by atomic mass is 9.91. The maximum Gasteiger partial charge on any atom is 0.320 e. The Morgan fingerprint density at radius 2 is 1.87 bits per heavy atom. The molecule has 0 aromatic carbocycles. The van der Waals surface area contributed by atoms with Gasteiger partial charge in [0, 0.05) is 0 Å². The molecule has 0 bridgehead atoms. The molecule has 0 aliphatic carbocycles. The Balaban J connectivity index is 4.17. The van der Waals surface area contributed by atoms with Crippen molar-refractivity contribution < 1.29 is 19.8 Å². The van der Waals surface area contributed by atoms with E-state index in [4.69, 9.17) is 15.9 Å². The second-order valence-corrected chi connectivity index (χ2v) is 3.72. The zero-order valence-corrected chi connectivity index (χ0v) is 8.98. The first-order valence-electron chi connectivity index (χ1n) is 5.19. The van der Waals surface area contributed by atoms with E-state index in [1.807, 2.05) is 6.92 Å². The number of rotatable bonds is 8. The first kappa shape index (κ1) is 13.9. The van der Waals surface area contributed by atoms with E-state index in [-0.39, 0.29) is 6.42 Å². The molecule has 0 heterocycles. The van der Waals surface area contributed by atoms with Gasteiger partial charge in [-0.1, -0.05) is 26.2 Å². The van der Waals surface area contributed by atoms with Crippen LogP contribution in [0.1, 0.15) is 39.0 Å². The van der Waals surface area contributed by atoms with Gasteiger partial charge in [-0.15, -0.1) is 0 Å². The first-order chi connectivity index (χ1) is 6.99. The minimum Gasteiger partial charge on any atom is -0.481 e. The summed E-state index contributed by atoms with van der Waals surface area (Å²) >= 11 is 0. The van der Waals surface area contributed by atoms with Gasteiger partial charge in [-0.2, -0.15) is 0 Å². The summed E-state index contributed by atoms with van der Waals surface area (Å²) in [5.41, 5.74) is 5.43. The average molecular weight is 217 g/mol. The Morgan fingerprint density at radius 1 is 1.27 bits per heavy atom. The largest absolute Gasteiger partial charge is 0.481 e. The van der Waals surface area contributed by atoms with E-state index in [0.717, 1.165) is 19.3 Å². The molecule has 0 aromatic heterocycles. The van der Waals surface area contributed by atoms with Crippen molar-refractivity contribution in [3.8, 4) is 0 Å². The fourth-order valence-corrected chi connectivity index (χ4v) is 1.49. The highest BCUT2D eigenvalue weighted by atomic mass is 16.4. The van der Waals surface area contributed by atoms with Crippen molar-refractivity contribution in [2.45, 2.75) is 45.1 Å². The maximum absolute atomic E-state index is 10.6. The molecule has 0 aliphatic heterocycles. The fraction of sp³-hybridized carbons (Fsp3) is 0.800. The number of hydrogen-bond donors (Lipinski definition) is 3. The third kappa shape index (κ3) is 6.06. The topological polar surface area (TPSA) is 101 Å². The van der Waals surface area contributed by atoms with Crippen LogP contribution >= 0.6 is 0 Å². The van der Waals surface area contributed by atoms with Gasteiger partial charge in [0.2, 0.25) is 0 Å². The normalized spacial score (nSPS) is 14.5. The van der Waals surface area contributed by atoms with Crippen LogP contribution in [0.15, 0.2) is 0 Å². The second kappa shape index (κ2) is 7.23. The summed E-state index contributed by atoms with van der Waals surface area (Å²) in [6, 6.07) is -1.07. The maximum atomic E-state index is 10.6. The predicted octanol–water partition coefficient (Wildman–Crippen LogP) is 1.07. The molecule has 0 amide bonds. The number of carboxylic acids is 2. The lowest BCUT2D eigenvalue weighted by Crippen LogP contribution is -2.39. The smallest absolute Gasteiger partial charge is 0.320 e. The molecule has 0 aromatic rings. The molecular formula is C10H19NO4. The van der Waals surface area contributed by atoms with Crippen LogP contribution < -0.4 is 5.73 Å². The molecule has 88 valence electrons. The second-order valence-electron chi connectivity index (χ2n) is 3.72. The van der Waals surface area contributed by atoms with Crippen molar-refractivity contribution in [2.24, 2.45) is 11.7 Å². The van der Waals surface area contributed by atoms with Crippen LogP contribution in [0, 0.1) is 5.92 Å². The predicted molar refractivity (Wildman–Crippen MR) is 55.5 cm³/mol. The summed E-state index contributed by atoms with van der Waals surface area (Å²) in [5.74, 6) is -2.59. The Labute approximate surface area is 89.3 Å². The van der Waals surface area contributed by atoms with Crippen LogP contribution in [0.3, 0.4) is 0 Å². The summed E-state index contributed by atoms with van der Waals surface area (Å²) in [7, 11) is 0. The number of nitrogens with two attached hydrogens (primary N) is 1. The summed E-state index contributed by atoms with van der Waals surface area (Å²) in [6.45, 7) is 2.03. The van der Waals surface area contributed by atoms with E-state index in [0.29, 0.717) is 6.42 Å². The molecule has 4 N–H and O–H groups in total. The Morgan fingerprint density at radius 3 is 2.27 bits per heavy atom. The molecule has 0 saturated heterocycles. The molecule has 2 atom stereocenters. The van der Waals surface area contributed by atoms with Crippen LogP contribution in [0.25, 0.3) is 0 Å². The minimum atomic E-state index is -1.13. The van der Waals surface area contributed by atoms with Gasteiger partial charge in [-0.25, -0.2) is 0 Å². The number of carbonyl (C=O) groups is 2. The van der Waals surface area contributed by atoms with Gasteiger partial charge in [-0.3, -0.25) is 9.59 Å². The minimum absolute atomic E-state index is 0.169. The molecule has 0 saturated carbocycles. The molecular weight excluding hydrogens is 198 g/mol. The molecule has 0 rings (SSSR count). The zero-order chi connectivity index (χ0) is 11.8. The number of carboxylic acid groups (broad SMARTS) is 2. The highest BCUT2D eigenvalue weighted by molar-refractivity contribution is 5.75. The van der Waals surface area contributed by atoms with Crippen molar-refractivity contribution >= 4 is 11.9 Å². The van der Waals surface area contributed by atoms with Crippen molar-refractivity contribution in [1.82, 2.24) is 0 Å². The van der Waals surface area contributed by atoms with E-state index < -0.39 is 23.9 Å². The fourth-order valence-electron chi connectivity index (χ4n) is 1.49. The molecule has 0 fully saturated rings. The van der Waals surface area contributed by atoms with Crippen LogP contribution in [-0.2, 0) is 9.59 Å². The Hall–Kier alpha value is -1.10. The Kier molecular flexibility index (Phi) is 6.70. The lowest BCUT2D eigenvalue weighted by molar-refractivity contribution is -0.142. The van der Waals surface area contributed by atoms with E-state index in [2.05, 4.69) is 0 Å².